The summed E-state index contributed by atoms with van der Waals surface area (Å²) in [5.74, 6) is -0.118. The Labute approximate surface area is 118 Å². The monoisotopic (exact) mass is 282 g/mol. The average Bonchev–Trinajstić information content (AvgIpc) is 2.90. The zero-order valence-corrected chi connectivity index (χ0v) is 11.9. The molecule has 0 N–H and O–H groups in total. The van der Waals surface area contributed by atoms with Crippen LogP contribution in [-0.2, 0) is 6.54 Å². The van der Waals surface area contributed by atoms with Gasteiger partial charge in [-0.05, 0) is 24.9 Å². The van der Waals surface area contributed by atoms with Crippen molar-refractivity contribution < 1.29 is 13.5 Å². The number of benzene rings is 1. The summed E-state index contributed by atoms with van der Waals surface area (Å²) in [6.45, 7) is 4.76. The van der Waals surface area contributed by atoms with Crippen LogP contribution < -0.4 is 4.74 Å². The van der Waals surface area contributed by atoms with Crippen molar-refractivity contribution in [1.82, 2.24) is 9.80 Å². The minimum absolute atomic E-state index is 0.276. The highest BCUT2D eigenvalue weighted by molar-refractivity contribution is 5.32. The molecule has 2 aliphatic rings. The van der Waals surface area contributed by atoms with Crippen LogP contribution in [0.2, 0.25) is 0 Å². The lowest BCUT2D eigenvalue weighted by Gasteiger charge is -2.19. The highest BCUT2D eigenvalue weighted by Crippen LogP contribution is 2.32. The minimum Gasteiger partial charge on any atom is -0.491 e. The van der Waals surface area contributed by atoms with E-state index in [4.69, 9.17) is 4.74 Å². The molecule has 0 amide bonds. The fraction of sp³-hybridized carbons (Fsp3) is 0.600. The minimum atomic E-state index is -0.645. The lowest BCUT2D eigenvalue weighted by atomic mass is 10.0. The van der Waals surface area contributed by atoms with E-state index in [2.05, 4.69) is 16.8 Å². The molecule has 2 saturated heterocycles. The summed E-state index contributed by atoms with van der Waals surface area (Å²) >= 11 is 0. The molecule has 0 spiro atoms. The molecular formula is C15H20F2N2O. The highest BCUT2D eigenvalue weighted by Gasteiger charge is 2.38. The van der Waals surface area contributed by atoms with E-state index in [1.807, 2.05) is 0 Å². The molecule has 1 aromatic carbocycles. The first kappa shape index (κ1) is 13.8. The maximum absolute atomic E-state index is 14.1. The number of methoxy groups -OCH3 is 1. The molecule has 0 unspecified atom stereocenters. The van der Waals surface area contributed by atoms with Crippen LogP contribution in [0.1, 0.15) is 5.56 Å². The van der Waals surface area contributed by atoms with Gasteiger partial charge in [-0.15, -0.1) is 0 Å². The Morgan fingerprint density at radius 3 is 2.40 bits per heavy atom. The fourth-order valence-electron chi connectivity index (χ4n) is 3.58. The van der Waals surface area contributed by atoms with E-state index in [0.717, 1.165) is 26.2 Å². The summed E-state index contributed by atoms with van der Waals surface area (Å²) in [7, 11) is 3.44. The molecule has 2 fully saturated rings. The molecule has 0 saturated carbocycles. The van der Waals surface area contributed by atoms with Crippen molar-refractivity contribution in [2.75, 3.05) is 40.3 Å². The molecule has 0 aliphatic carbocycles. The molecule has 0 radical (unpaired) electrons. The van der Waals surface area contributed by atoms with E-state index in [1.54, 1.807) is 0 Å². The molecule has 0 bridgehead atoms. The maximum Gasteiger partial charge on any atom is 0.190 e. The van der Waals surface area contributed by atoms with Crippen LogP contribution in [0.25, 0.3) is 0 Å². The molecular weight excluding hydrogens is 262 g/mol. The normalized spacial score (nSPS) is 27.0. The number of nitrogens with zero attached hydrogens (tertiary/aromatic N) is 2. The van der Waals surface area contributed by atoms with E-state index < -0.39 is 11.6 Å². The van der Waals surface area contributed by atoms with Gasteiger partial charge in [0.15, 0.2) is 17.4 Å². The lowest BCUT2D eigenvalue weighted by molar-refractivity contribution is 0.267. The van der Waals surface area contributed by atoms with Gasteiger partial charge in [-0.2, -0.15) is 0 Å². The van der Waals surface area contributed by atoms with Crippen LogP contribution >= 0.6 is 0 Å². The topological polar surface area (TPSA) is 15.7 Å². The Balaban J connectivity index is 1.71. The number of hydrogen-bond acceptors (Lipinski definition) is 3. The number of likely N-dealkylation sites (tertiary alicyclic amines) is 2. The molecule has 110 valence electrons. The van der Waals surface area contributed by atoms with Crippen molar-refractivity contribution in [3.8, 4) is 5.75 Å². The summed E-state index contributed by atoms with van der Waals surface area (Å²) in [6, 6.07) is 2.80. The quantitative estimate of drug-likeness (QED) is 0.843. The Morgan fingerprint density at radius 2 is 1.80 bits per heavy atom. The molecule has 2 heterocycles. The summed E-state index contributed by atoms with van der Waals surface area (Å²) in [5.41, 5.74) is 0.511. The predicted octanol–water partition coefficient (Wildman–Crippen LogP) is 1.97. The van der Waals surface area contributed by atoms with Crippen molar-refractivity contribution in [3.05, 3.63) is 29.3 Å². The van der Waals surface area contributed by atoms with Crippen LogP contribution in [0, 0.1) is 23.5 Å². The highest BCUT2D eigenvalue weighted by atomic mass is 19.1. The van der Waals surface area contributed by atoms with Crippen molar-refractivity contribution in [3.63, 3.8) is 0 Å². The molecule has 5 heteroatoms. The number of ether oxygens (including phenoxy) is 1. The van der Waals surface area contributed by atoms with Gasteiger partial charge in [0.25, 0.3) is 0 Å². The van der Waals surface area contributed by atoms with Gasteiger partial charge >= 0.3 is 0 Å². The van der Waals surface area contributed by atoms with Gasteiger partial charge in [0.05, 0.1) is 7.11 Å². The summed E-state index contributed by atoms with van der Waals surface area (Å²) in [6.07, 6.45) is 0. The van der Waals surface area contributed by atoms with Gasteiger partial charge in [0.1, 0.15) is 0 Å². The van der Waals surface area contributed by atoms with E-state index in [9.17, 15) is 8.78 Å². The third-order valence-corrected chi connectivity index (χ3v) is 4.47. The zero-order chi connectivity index (χ0) is 14.3. The second kappa shape index (κ2) is 5.30. The van der Waals surface area contributed by atoms with Crippen molar-refractivity contribution in [2.45, 2.75) is 6.54 Å². The van der Waals surface area contributed by atoms with Crippen LogP contribution in [-0.4, -0.2) is 50.1 Å². The maximum atomic E-state index is 14.1. The summed E-state index contributed by atoms with van der Waals surface area (Å²) in [4.78, 5) is 4.62. The summed E-state index contributed by atoms with van der Waals surface area (Å²) in [5, 5.41) is 0. The predicted molar refractivity (Wildman–Crippen MR) is 72.7 cm³/mol. The number of fused-ring (bicyclic) bond motifs is 1. The van der Waals surface area contributed by atoms with E-state index in [0.29, 0.717) is 23.9 Å². The molecule has 3 nitrogen and oxygen atoms in total. The molecule has 20 heavy (non-hydrogen) atoms. The van der Waals surface area contributed by atoms with Crippen molar-refractivity contribution in [2.24, 2.45) is 11.8 Å². The molecule has 0 aromatic heterocycles. The average molecular weight is 282 g/mol. The number of rotatable bonds is 3. The standard InChI is InChI=1S/C15H20F2N2O/c1-18-5-11-8-19(9-12(11)6-18)7-10-3-4-13(16)15(20-2)14(10)17/h3-4,11-12H,5-9H2,1-2H3/t11-,12+. The van der Waals surface area contributed by atoms with Gasteiger partial charge in [-0.1, -0.05) is 6.07 Å². The Kier molecular flexibility index (Phi) is 3.65. The molecule has 3 rings (SSSR count). The zero-order valence-electron chi connectivity index (χ0n) is 11.9. The SMILES string of the molecule is COc1c(F)ccc(CN2C[C@H]3CN(C)C[C@H]3C2)c1F. The number of halogens is 2. The first-order valence-electron chi connectivity index (χ1n) is 7.00. The number of hydrogen-bond donors (Lipinski definition) is 0. The molecule has 2 aliphatic heterocycles. The second-order valence-corrected chi connectivity index (χ2v) is 5.99. The van der Waals surface area contributed by atoms with Crippen LogP contribution in [0.5, 0.6) is 5.75 Å². The van der Waals surface area contributed by atoms with Crippen LogP contribution in [0.15, 0.2) is 12.1 Å². The van der Waals surface area contributed by atoms with Gasteiger partial charge in [-0.3, -0.25) is 4.90 Å². The van der Waals surface area contributed by atoms with Gasteiger partial charge < -0.3 is 9.64 Å². The first-order valence-corrected chi connectivity index (χ1v) is 7.00. The molecule has 2 atom stereocenters. The van der Waals surface area contributed by atoms with E-state index in [-0.39, 0.29) is 5.75 Å². The third kappa shape index (κ3) is 2.40. The van der Waals surface area contributed by atoms with Gasteiger partial charge in [0, 0.05) is 38.3 Å². The third-order valence-electron chi connectivity index (χ3n) is 4.47. The van der Waals surface area contributed by atoms with Crippen molar-refractivity contribution in [1.29, 1.82) is 0 Å². The second-order valence-electron chi connectivity index (χ2n) is 5.99. The van der Waals surface area contributed by atoms with Gasteiger partial charge in [-0.25, -0.2) is 8.78 Å². The van der Waals surface area contributed by atoms with Crippen LogP contribution in [0.4, 0.5) is 8.78 Å². The Morgan fingerprint density at radius 1 is 1.15 bits per heavy atom. The Hall–Kier alpha value is -1.20. The lowest BCUT2D eigenvalue weighted by Crippen LogP contribution is -2.27. The Bertz CT molecular complexity index is 495. The molecule has 1 aromatic rings. The van der Waals surface area contributed by atoms with Gasteiger partial charge in [0.2, 0.25) is 0 Å². The largest absolute Gasteiger partial charge is 0.491 e. The van der Waals surface area contributed by atoms with E-state index >= 15 is 0 Å². The smallest absolute Gasteiger partial charge is 0.190 e. The first-order chi connectivity index (χ1) is 9.58. The summed E-state index contributed by atoms with van der Waals surface area (Å²) < 4.78 is 32.3. The van der Waals surface area contributed by atoms with Crippen LogP contribution in [0.3, 0.4) is 0 Å². The van der Waals surface area contributed by atoms with Crippen molar-refractivity contribution >= 4 is 0 Å². The van der Waals surface area contributed by atoms with E-state index in [1.165, 1.54) is 19.2 Å². The fourth-order valence-corrected chi connectivity index (χ4v) is 3.58.